The van der Waals surface area contributed by atoms with E-state index in [2.05, 4.69) is 0 Å². The van der Waals surface area contributed by atoms with Crippen molar-refractivity contribution in [1.82, 2.24) is 13.7 Å². The Morgan fingerprint density at radius 2 is 0.833 bits per heavy atom. The van der Waals surface area contributed by atoms with Gasteiger partial charge in [-0.25, -0.2) is 28.1 Å². The molecule has 1 aromatic rings. The predicted molar refractivity (Wildman–Crippen MR) is 83.8 cm³/mol. The Balaban J connectivity index is 3.31. The average Bonchev–Trinajstić information content (AvgIpc) is 2.57. The molecule has 0 radical (unpaired) electrons. The van der Waals surface area contributed by atoms with Crippen LogP contribution in [0.25, 0.3) is 0 Å². The van der Waals surface area contributed by atoms with Gasteiger partial charge in [-0.15, -0.1) is 0 Å². The van der Waals surface area contributed by atoms with E-state index in [-0.39, 0.29) is 38.9 Å². The molecular formula is C15H18N6O3. The fourth-order valence-electron chi connectivity index (χ4n) is 2.21. The Bertz CT molecular complexity index is 712. The van der Waals surface area contributed by atoms with Crippen molar-refractivity contribution in [3.8, 4) is 18.2 Å². The third-order valence-electron chi connectivity index (χ3n) is 3.40. The molecule has 1 rings (SSSR count). The molecule has 0 atom stereocenters. The summed E-state index contributed by atoms with van der Waals surface area (Å²) >= 11 is 0. The Labute approximate surface area is 138 Å². The Hall–Kier alpha value is -3.12. The standard InChI is InChI=1S/C15H18N6O3/c16-7-1-4-10-19-13(22)20(11-5-2-8-17)15(24)21(14(19)23)12-6-3-9-18/h1-6,10-12H2. The lowest BCUT2D eigenvalue weighted by Gasteiger charge is -2.13. The van der Waals surface area contributed by atoms with Crippen molar-refractivity contribution in [3.05, 3.63) is 31.5 Å². The van der Waals surface area contributed by atoms with Gasteiger partial charge in [0, 0.05) is 38.9 Å². The Morgan fingerprint density at radius 3 is 1.04 bits per heavy atom. The van der Waals surface area contributed by atoms with Gasteiger partial charge in [-0.3, -0.25) is 0 Å². The van der Waals surface area contributed by atoms with Crippen molar-refractivity contribution in [2.75, 3.05) is 0 Å². The second kappa shape index (κ2) is 9.81. The molecule has 0 bridgehead atoms. The minimum atomic E-state index is -0.725. The lowest BCUT2D eigenvalue weighted by molar-refractivity contribution is 0.430. The van der Waals surface area contributed by atoms with Crippen molar-refractivity contribution in [2.24, 2.45) is 0 Å². The maximum absolute atomic E-state index is 12.4. The van der Waals surface area contributed by atoms with E-state index >= 15 is 0 Å². The normalized spacial score (nSPS) is 9.88. The van der Waals surface area contributed by atoms with Gasteiger partial charge >= 0.3 is 17.1 Å². The number of nitriles is 3. The highest BCUT2D eigenvalue weighted by molar-refractivity contribution is 4.81. The van der Waals surface area contributed by atoms with Crippen LogP contribution < -0.4 is 17.1 Å². The fraction of sp³-hybridized carbons (Fsp3) is 0.600. The van der Waals surface area contributed by atoms with Crippen LogP contribution in [0, 0.1) is 34.0 Å². The minimum Gasteiger partial charge on any atom is -0.247 e. The van der Waals surface area contributed by atoms with Crippen LogP contribution in [0.2, 0.25) is 0 Å². The zero-order valence-corrected chi connectivity index (χ0v) is 13.3. The first-order valence-electron chi connectivity index (χ1n) is 7.63. The van der Waals surface area contributed by atoms with Crippen molar-refractivity contribution in [2.45, 2.75) is 58.2 Å². The van der Waals surface area contributed by atoms with Gasteiger partial charge in [-0.05, 0) is 19.3 Å². The van der Waals surface area contributed by atoms with E-state index in [4.69, 9.17) is 15.8 Å². The van der Waals surface area contributed by atoms with Crippen LogP contribution in [-0.4, -0.2) is 13.7 Å². The van der Waals surface area contributed by atoms with Gasteiger partial charge in [0.25, 0.3) is 0 Å². The molecule has 0 N–H and O–H groups in total. The first-order chi connectivity index (χ1) is 11.6. The maximum Gasteiger partial charge on any atom is 0.336 e. The third-order valence-corrected chi connectivity index (χ3v) is 3.40. The summed E-state index contributed by atoms with van der Waals surface area (Å²) < 4.78 is 2.83. The summed E-state index contributed by atoms with van der Waals surface area (Å²) in [5.74, 6) is 0. The smallest absolute Gasteiger partial charge is 0.247 e. The third kappa shape index (κ3) is 4.69. The zero-order valence-electron chi connectivity index (χ0n) is 13.3. The molecule has 0 aliphatic carbocycles. The summed E-state index contributed by atoms with van der Waals surface area (Å²) in [4.78, 5) is 37.1. The maximum atomic E-state index is 12.4. The number of aromatic nitrogens is 3. The van der Waals surface area contributed by atoms with E-state index in [0.717, 1.165) is 13.7 Å². The summed E-state index contributed by atoms with van der Waals surface area (Å²) in [7, 11) is 0. The van der Waals surface area contributed by atoms with E-state index in [0.29, 0.717) is 19.3 Å². The van der Waals surface area contributed by atoms with Crippen LogP contribution in [0.4, 0.5) is 0 Å². The van der Waals surface area contributed by atoms with Crippen LogP contribution in [0.3, 0.4) is 0 Å². The van der Waals surface area contributed by atoms with Gasteiger partial charge in [-0.2, -0.15) is 15.8 Å². The van der Waals surface area contributed by atoms with Gasteiger partial charge in [0.05, 0.1) is 18.2 Å². The molecule has 0 amide bonds. The summed E-state index contributed by atoms with van der Waals surface area (Å²) in [6.45, 7) is 0.131. The highest BCUT2D eigenvalue weighted by atomic mass is 16.2. The lowest BCUT2D eigenvalue weighted by Crippen LogP contribution is -2.54. The van der Waals surface area contributed by atoms with E-state index in [9.17, 15) is 14.4 Å². The number of nitrogens with zero attached hydrogens (tertiary/aromatic N) is 6. The van der Waals surface area contributed by atoms with Crippen molar-refractivity contribution < 1.29 is 0 Å². The number of hydrogen-bond donors (Lipinski definition) is 0. The minimum absolute atomic E-state index is 0.0437. The van der Waals surface area contributed by atoms with Crippen LogP contribution in [-0.2, 0) is 19.6 Å². The Kier molecular flexibility index (Phi) is 7.73. The van der Waals surface area contributed by atoms with E-state index < -0.39 is 17.1 Å². The van der Waals surface area contributed by atoms with Crippen molar-refractivity contribution >= 4 is 0 Å². The molecule has 0 spiro atoms. The van der Waals surface area contributed by atoms with Gasteiger partial charge in [0.2, 0.25) is 0 Å². The SMILES string of the molecule is N#CCCCn1c(=O)n(CCCC#N)c(=O)n(CCCC#N)c1=O. The van der Waals surface area contributed by atoms with E-state index in [1.165, 1.54) is 0 Å². The van der Waals surface area contributed by atoms with Gasteiger partial charge in [0.15, 0.2) is 0 Å². The molecule has 126 valence electrons. The first kappa shape index (κ1) is 18.9. The second-order valence-corrected chi connectivity index (χ2v) is 5.09. The van der Waals surface area contributed by atoms with Gasteiger partial charge in [-0.1, -0.05) is 0 Å². The van der Waals surface area contributed by atoms with E-state index in [1.807, 2.05) is 18.2 Å². The Morgan fingerprint density at radius 1 is 0.583 bits per heavy atom. The average molecular weight is 330 g/mol. The highest BCUT2D eigenvalue weighted by Crippen LogP contribution is 1.93. The predicted octanol–water partition coefficient (Wildman–Crippen LogP) is 0.0830. The highest BCUT2D eigenvalue weighted by Gasteiger charge is 2.14. The second-order valence-electron chi connectivity index (χ2n) is 5.09. The fourth-order valence-corrected chi connectivity index (χ4v) is 2.21. The first-order valence-corrected chi connectivity index (χ1v) is 7.63. The molecule has 0 aliphatic heterocycles. The van der Waals surface area contributed by atoms with Crippen molar-refractivity contribution in [1.29, 1.82) is 15.8 Å². The van der Waals surface area contributed by atoms with E-state index in [1.54, 1.807) is 0 Å². The molecule has 0 aliphatic rings. The summed E-state index contributed by atoms with van der Waals surface area (Å²) in [5, 5.41) is 25.8. The van der Waals surface area contributed by atoms with Crippen molar-refractivity contribution in [3.63, 3.8) is 0 Å². The lowest BCUT2D eigenvalue weighted by atomic mass is 10.3. The summed E-state index contributed by atoms with van der Waals surface area (Å²) in [6, 6.07) is 5.81. The molecule has 24 heavy (non-hydrogen) atoms. The largest absolute Gasteiger partial charge is 0.336 e. The van der Waals surface area contributed by atoms with Gasteiger partial charge < -0.3 is 0 Å². The topological polar surface area (TPSA) is 137 Å². The molecule has 9 heteroatoms. The van der Waals surface area contributed by atoms with Crippen LogP contribution >= 0.6 is 0 Å². The summed E-state index contributed by atoms with van der Waals surface area (Å²) in [6.07, 6.45) is 1.52. The monoisotopic (exact) mass is 330 g/mol. The van der Waals surface area contributed by atoms with Crippen LogP contribution in [0.15, 0.2) is 14.4 Å². The number of rotatable bonds is 9. The molecule has 1 heterocycles. The molecule has 1 aromatic heterocycles. The van der Waals surface area contributed by atoms with Crippen LogP contribution in [0.5, 0.6) is 0 Å². The summed E-state index contributed by atoms with van der Waals surface area (Å²) in [5.41, 5.74) is -2.17. The quantitative estimate of drug-likeness (QED) is 0.588. The van der Waals surface area contributed by atoms with Gasteiger partial charge in [0.1, 0.15) is 0 Å². The number of unbranched alkanes of at least 4 members (excludes halogenated alkanes) is 3. The molecule has 0 unspecified atom stereocenters. The zero-order chi connectivity index (χ0) is 17.9. The van der Waals surface area contributed by atoms with Crippen LogP contribution in [0.1, 0.15) is 38.5 Å². The molecule has 0 aromatic carbocycles. The molecule has 0 fully saturated rings. The number of hydrogen-bond acceptors (Lipinski definition) is 6. The molecule has 0 saturated heterocycles. The molecule has 9 nitrogen and oxygen atoms in total. The molecular weight excluding hydrogens is 312 g/mol. The molecule has 0 saturated carbocycles.